The van der Waals surface area contributed by atoms with Gasteiger partial charge in [0.05, 0.1) is 6.54 Å². The largest absolute Gasteiger partial charge is 0.629 e. The van der Waals surface area contributed by atoms with Crippen molar-refractivity contribution in [2.75, 3.05) is 30.4 Å². The average Bonchev–Trinajstić information content (AvgIpc) is 2.75. The van der Waals surface area contributed by atoms with Crippen molar-refractivity contribution < 1.29 is 5.06 Å². The first-order valence-corrected chi connectivity index (χ1v) is 9.40. The molecule has 0 aromatic heterocycles. The summed E-state index contributed by atoms with van der Waals surface area (Å²) in [7, 11) is 2.14. The number of rotatable bonds is 1. The van der Waals surface area contributed by atoms with Gasteiger partial charge in [0.2, 0.25) is 0 Å². The minimum atomic E-state index is 0.0131. The van der Waals surface area contributed by atoms with E-state index in [0.29, 0.717) is 6.54 Å². The highest BCUT2D eigenvalue weighted by atomic mass is 16.5. The smallest absolute Gasteiger partial charge is 0.155 e. The van der Waals surface area contributed by atoms with E-state index in [9.17, 15) is 5.21 Å². The Morgan fingerprint density at radius 2 is 2.04 bits per heavy atom. The average molecular weight is 349 g/mol. The molecule has 1 unspecified atom stereocenters. The first-order chi connectivity index (χ1) is 12.4. The number of quaternary nitrogens is 1. The Morgan fingerprint density at radius 1 is 1.23 bits per heavy atom. The van der Waals surface area contributed by atoms with Crippen LogP contribution in [0.3, 0.4) is 0 Å². The van der Waals surface area contributed by atoms with Crippen molar-refractivity contribution >= 4 is 17.1 Å². The Kier molecular flexibility index (Phi) is 4.05. The third-order valence-electron chi connectivity index (χ3n) is 5.87. The summed E-state index contributed by atoms with van der Waals surface area (Å²) in [4.78, 5) is 2.29. The maximum Gasteiger partial charge on any atom is 0.155 e. The van der Waals surface area contributed by atoms with Gasteiger partial charge in [-0.2, -0.15) is 0 Å². The van der Waals surface area contributed by atoms with Gasteiger partial charge in [0, 0.05) is 48.4 Å². The molecule has 0 bridgehead atoms. The normalized spacial score (nSPS) is 22.6. The van der Waals surface area contributed by atoms with E-state index in [0.717, 1.165) is 35.5 Å². The van der Waals surface area contributed by atoms with Crippen molar-refractivity contribution in [3.8, 4) is 11.1 Å². The molecule has 1 atom stereocenters. The van der Waals surface area contributed by atoms with Crippen LogP contribution in [0.25, 0.3) is 11.1 Å². The SMILES string of the molecule is C/C=C1/N(C)c2cc(-c3cccc4c3NCCC[NH+]4[O-])ccc2C1(C)C. The molecule has 2 N–H and O–H groups in total. The van der Waals surface area contributed by atoms with Gasteiger partial charge in [0.25, 0.3) is 0 Å². The fourth-order valence-electron chi connectivity index (χ4n) is 4.56. The summed E-state index contributed by atoms with van der Waals surface area (Å²) in [6, 6.07) is 12.8. The van der Waals surface area contributed by atoms with Crippen LogP contribution >= 0.6 is 0 Å². The lowest BCUT2D eigenvalue weighted by Crippen LogP contribution is -3.01. The molecular formula is C22H27N3O. The molecule has 0 saturated heterocycles. The van der Waals surface area contributed by atoms with Gasteiger partial charge in [-0.3, -0.25) is 0 Å². The van der Waals surface area contributed by atoms with E-state index < -0.39 is 0 Å². The van der Waals surface area contributed by atoms with E-state index >= 15 is 0 Å². The van der Waals surface area contributed by atoms with Crippen LogP contribution in [0, 0.1) is 5.21 Å². The Hall–Kier alpha value is -2.30. The van der Waals surface area contributed by atoms with E-state index in [-0.39, 0.29) is 10.5 Å². The molecule has 26 heavy (non-hydrogen) atoms. The monoisotopic (exact) mass is 349 g/mol. The first-order valence-electron chi connectivity index (χ1n) is 9.40. The molecule has 0 spiro atoms. The van der Waals surface area contributed by atoms with E-state index in [1.807, 2.05) is 12.1 Å². The van der Waals surface area contributed by atoms with Crippen LogP contribution in [-0.2, 0) is 5.41 Å². The van der Waals surface area contributed by atoms with Crippen molar-refractivity contribution in [2.24, 2.45) is 0 Å². The Labute approximate surface area is 155 Å². The van der Waals surface area contributed by atoms with Gasteiger partial charge in [-0.05, 0) is 24.1 Å². The fraction of sp³-hybridized carbons (Fsp3) is 0.364. The second-order valence-corrected chi connectivity index (χ2v) is 7.77. The molecule has 2 heterocycles. The summed E-state index contributed by atoms with van der Waals surface area (Å²) in [5.41, 5.74) is 8.01. The van der Waals surface area contributed by atoms with Gasteiger partial charge in [-0.1, -0.05) is 44.2 Å². The predicted molar refractivity (Wildman–Crippen MR) is 109 cm³/mol. The van der Waals surface area contributed by atoms with Gasteiger partial charge < -0.3 is 20.5 Å². The lowest BCUT2D eigenvalue weighted by atomic mass is 9.83. The second kappa shape index (κ2) is 6.15. The minimum absolute atomic E-state index is 0.0131. The van der Waals surface area contributed by atoms with Crippen LogP contribution in [0.1, 0.15) is 32.8 Å². The highest BCUT2D eigenvalue weighted by Crippen LogP contribution is 2.48. The molecule has 136 valence electrons. The third-order valence-corrected chi connectivity index (χ3v) is 5.87. The van der Waals surface area contributed by atoms with Crippen molar-refractivity contribution in [2.45, 2.75) is 32.6 Å². The standard InChI is InChI=1S/C22H27N3O/c1-5-20-22(2,3)17-11-10-15(14-19(17)24(20)4)16-8-6-9-18-21(16)23-12-7-13-25(18)26/h5-6,8-11,14,23,25H,7,12-13H2,1-4H3/b20-5+. The maximum atomic E-state index is 12.4. The van der Waals surface area contributed by atoms with Crippen LogP contribution in [0.2, 0.25) is 0 Å². The summed E-state index contributed by atoms with van der Waals surface area (Å²) in [6.45, 7) is 8.12. The molecule has 0 aliphatic carbocycles. The number of anilines is 2. The van der Waals surface area contributed by atoms with E-state index in [2.05, 4.69) is 68.4 Å². The van der Waals surface area contributed by atoms with E-state index in [1.54, 1.807) is 0 Å². The molecular weight excluding hydrogens is 322 g/mol. The molecule has 4 nitrogen and oxygen atoms in total. The number of nitrogens with zero attached hydrogens (tertiary/aromatic N) is 1. The Balaban J connectivity index is 1.86. The van der Waals surface area contributed by atoms with Crippen LogP contribution in [0.4, 0.5) is 17.1 Å². The van der Waals surface area contributed by atoms with Crippen LogP contribution in [0.15, 0.2) is 48.2 Å². The Morgan fingerprint density at radius 3 is 2.81 bits per heavy atom. The summed E-state index contributed by atoms with van der Waals surface area (Å²) in [5.74, 6) is 0. The molecule has 0 fully saturated rings. The number of hydrogen-bond acceptors (Lipinski definition) is 3. The molecule has 4 heteroatoms. The summed E-state index contributed by atoms with van der Waals surface area (Å²) >= 11 is 0. The lowest BCUT2D eigenvalue weighted by Gasteiger charge is -2.23. The quantitative estimate of drug-likeness (QED) is 0.769. The van der Waals surface area contributed by atoms with Gasteiger partial charge in [-0.15, -0.1) is 0 Å². The number of fused-ring (bicyclic) bond motifs is 2. The van der Waals surface area contributed by atoms with E-state index in [4.69, 9.17) is 0 Å². The predicted octanol–water partition coefficient (Wildman–Crippen LogP) is 3.81. The molecule has 0 radical (unpaired) electrons. The molecule has 0 saturated carbocycles. The van der Waals surface area contributed by atoms with Crippen molar-refractivity contribution in [1.82, 2.24) is 0 Å². The number of hydrogen-bond donors (Lipinski definition) is 2. The highest BCUT2D eigenvalue weighted by Gasteiger charge is 2.38. The summed E-state index contributed by atoms with van der Waals surface area (Å²) in [6.07, 6.45) is 3.09. The van der Waals surface area contributed by atoms with Crippen molar-refractivity contribution in [3.05, 3.63) is 58.9 Å². The number of para-hydroxylation sites is 1. The lowest BCUT2D eigenvalue weighted by molar-refractivity contribution is -0.775. The van der Waals surface area contributed by atoms with Crippen molar-refractivity contribution in [3.63, 3.8) is 0 Å². The molecule has 0 amide bonds. The van der Waals surface area contributed by atoms with Crippen LogP contribution in [-0.4, -0.2) is 20.1 Å². The molecule has 4 rings (SSSR count). The summed E-state index contributed by atoms with van der Waals surface area (Å²) < 4.78 is 0. The van der Waals surface area contributed by atoms with Crippen LogP contribution in [0.5, 0.6) is 0 Å². The zero-order valence-corrected chi connectivity index (χ0v) is 16.0. The number of hydroxylamine groups is 1. The topological polar surface area (TPSA) is 42.8 Å². The molecule has 2 aliphatic heterocycles. The summed E-state index contributed by atoms with van der Waals surface area (Å²) in [5, 5.41) is 16.2. The number of benzene rings is 2. The second-order valence-electron chi connectivity index (χ2n) is 7.77. The van der Waals surface area contributed by atoms with E-state index in [1.165, 1.54) is 16.9 Å². The van der Waals surface area contributed by atoms with Crippen LogP contribution < -0.4 is 15.3 Å². The molecule has 2 aromatic carbocycles. The molecule has 2 aliphatic rings. The van der Waals surface area contributed by atoms with Crippen molar-refractivity contribution in [1.29, 1.82) is 0 Å². The van der Waals surface area contributed by atoms with Gasteiger partial charge in [0.1, 0.15) is 5.69 Å². The van der Waals surface area contributed by atoms with Gasteiger partial charge in [0.15, 0.2) is 5.69 Å². The number of likely N-dealkylation sites (N-methyl/N-ethyl adjacent to an activating group) is 1. The third kappa shape index (κ3) is 2.44. The maximum absolute atomic E-state index is 12.4. The fourth-order valence-corrected chi connectivity index (χ4v) is 4.56. The zero-order chi connectivity index (χ0) is 18.5. The highest BCUT2D eigenvalue weighted by molar-refractivity contribution is 5.87. The number of allylic oxidation sites excluding steroid dienone is 2. The molecule has 2 aromatic rings. The first kappa shape index (κ1) is 17.1. The van der Waals surface area contributed by atoms with Gasteiger partial charge >= 0.3 is 0 Å². The number of nitrogens with one attached hydrogen (secondary N) is 2. The van der Waals surface area contributed by atoms with Gasteiger partial charge in [-0.25, -0.2) is 0 Å². The minimum Gasteiger partial charge on any atom is -0.629 e. The Bertz CT molecular complexity index is 885. The zero-order valence-electron chi connectivity index (χ0n) is 16.0.